The van der Waals surface area contributed by atoms with E-state index in [4.69, 9.17) is 9.72 Å². The first kappa shape index (κ1) is 22.4. The molecule has 1 aliphatic heterocycles. The van der Waals surface area contributed by atoms with Crippen LogP contribution < -0.4 is 10.3 Å². The first-order valence-electron chi connectivity index (χ1n) is 10.9. The average Bonchev–Trinajstić information content (AvgIpc) is 2.77. The summed E-state index contributed by atoms with van der Waals surface area (Å²) in [5, 5.41) is 1.02. The molecule has 2 heterocycles. The minimum absolute atomic E-state index is 0.0820. The summed E-state index contributed by atoms with van der Waals surface area (Å²) in [4.78, 5) is 33.2. The average molecular weight is 452 g/mol. The zero-order valence-corrected chi connectivity index (χ0v) is 19.8. The fraction of sp³-hybridized carbons (Fsp3) is 0.400. The second kappa shape index (κ2) is 9.36. The summed E-state index contributed by atoms with van der Waals surface area (Å²) in [5.74, 6) is 1.90. The maximum atomic E-state index is 13.5. The van der Waals surface area contributed by atoms with Crippen LogP contribution in [-0.4, -0.2) is 46.3 Å². The highest BCUT2D eigenvalue weighted by atomic mass is 32.2. The molecular weight excluding hydrogens is 422 g/mol. The number of benzene rings is 2. The maximum absolute atomic E-state index is 13.5. The molecule has 168 valence electrons. The van der Waals surface area contributed by atoms with Gasteiger partial charge >= 0.3 is 0 Å². The van der Waals surface area contributed by atoms with Gasteiger partial charge in [-0.2, -0.15) is 0 Å². The number of likely N-dealkylation sites (tertiary alicyclic amines) is 1. The summed E-state index contributed by atoms with van der Waals surface area (Å²) in [6.07, 6.45) is 1.15. The Kier molecular flexibility index (Phi) is 6.55. The maximum Gasteiger partial charge on any atom is 0.266 e. The predicted octanol–water partition coefficient (Wildman–Crippen LogP) is 4.30. The molecular formula is C25H29N3O3S. The number of rotatable bonds is 5. The number of hydrogen-bond donors (Lipinski definition) is 0. The van der Waals surface area contributed by atoms with Crippen molar-refractivity contribution in [2.45, 2.75) is 32.3 Å². The molecule has 0 radical (unpaired) electrons. The Labute approximate surface area is 192 Å². The molecule has 0 bridgehead atoms. The molecule has 0 spiro atoms. The highest BCUT2D eigenvalue weighted by Gasteiger charge is 2.26. The van der Waals surface area contributed by atoms with E-state index < -0.39 is 0 Å². The molecule has 1 saturated heterocycles. The summed E-state index contributed by atoms with van der Waals surface area (Å²) in [6.45, 7) is 7.92. The standard InChI is InChI=1S/C25H29N3O3S/c1-16-9-10-22(31-4)21(12-16)28-24(30)19-7-5-6-8-20(19)26-25(28)32-15-23(29)27-13-17(2)11-18(3)14-27/h5-10,12,17-18H,11,13-15H2,1-4H3. The fourth-order valence-corrected chi connectivity index (χ4v) is 5.39. The molecule has 2 aromatic carbocycles. The van der Waals surface area contributed by atoms with E-state index in [1.54, 1.807) is 17.7 Å². The molecule has 0 aliphatic carbocycles. The first-order valence-corrected chi connectivity index (χ1v) is 11.9. The van der Waals surface area contributed by atoms with Crippen LogP contribution >= 0.6 is 11.8 Å². The van der Waals surface area contributed by atoms with Crippen molar-refractivity contribution in [3.8, 4) is 11.4 Å². The second-order valence-corrected chi connectivity index (χ2v) is 9.70. The lowest BCUT2D eigenvalue weighted by Gasteiger charge is -2.35. The van der Waals surface area contributed by atoms with Crippen molar-refractivity contribution in [1.82, 2.24) is 14.5 Å². The molecule has 1 aromatic heterocycles. The largest absolute Gasteiger partial charge is 0.495 e. The summed E-state index contributed by atoms with van der Waals surface area (Å²) >= 11 is 1.31. The van der Waals surface area contributed by atoms with Gasteiger partial charge in [-0.1, -0.05) is 43.8 Å². The molecule has 1 amide bonds. The number of thioether (sulfide) groups is 1. The zero-order chi connectivity index (χ0) is 22.8. The Morgan fingerprint density at radius 2 is 1.88 bits per heavy atom. The Hall–Kier alpha value is -2.80. The van der Waals surface area contributed by atoms with Gasteiger partial charge in [0.2, 0.25) is 5.91 Å². The number of methoxy groups -OCH3 is 1. The van der Waals surface area contributed by atoms with Crippen LogP contribution in [0.4, 0.5) is 0 Å². The molecule has 4 rings (SSSR count). The summed E-state index contributed by atoms with van der Waals surface area (Å²) in [7, 11) is 1.59. The monoisotopic (exact) mass is 451 g/mol. The van der Waals surface area contributed by atoms with Gasteiger partial charge in [-0.25, -0.2) is 4.98 Å². The van der Waals surface area contributed by atoms with E-state index in [1.165, 1.54) is 11.8 Å². The van der Waals surface area contributed by atoms with E-state index in [0.29, 0.717) is 39.3 Å². The molecule has 0 N–H and O–H groups in total. The normalized spacial score (nSPS) is 18.7. The first-order chi connectivity index (χ1) is 15.4. The molecule has 6 nitrogen and oxygen atoms in total. The highest BCUT2D eigenvalue weighted by molar-refractivity contribution is 7.99. The van der Waals surface area contributed by atoms with E-state index in [-0.39, 0.29) is 17.2 Å². The number of amides is 1. The minimum Gasteiger partial charge on any atom is -0.495 e. The second-order valence-electron chi connectivity index (χ2n) is 8.76. The van der Waals surface area contributed by atoms with E-state index in [0.717, 1.165) is 25.1 Å². The van der Waals surface area contributed by atoms with Crippen molar-refractivity contribution in [3.63, 3.8) is 0 Å². The van der Waals surface area contributed by atoms with Crippen LogP contribution in [0.5, 0.6) is 5.75 Å². The molecule has 1 fully saturated rings. The summed E-state index contributed by atoms with van der Waals surface area (Å²) in [5.41, 5.74) is 2.08. The van der Waals surface area contributed by atoms with E-state index >= 15 is 0 Å². The van der Waals surface area contributed by atoms with Crippen molar-refractivity contribution < 1.29 is 9.53 Å². The number of piperidine rings is 1. The third kappa shape index (κ3) is 4.53. The van der Waals surface area contributed by atoms with Crippen molar-refractivity contribution in [2.24, 2.45) is 11.8 Å². The molecule has 3 aromatic rings. The van der Waals surface area contributed by atoms with Gasteiger partial charge < -0.3 is 9.64 Å². The van der Waals surface area contributed by atoms with Gasteiger partial charge in [-0.3, -0.25) is 14.2 Å². The van der Waals surface area contributed by atoms with Crippen molar-refractivity contribution >= 4 is 28.6 Å². The number of aromatic nitrogens is 2. The van der Waals surface area contributed by atoms with Crippen LogP contribution in [0.2, 0.25) is 0 Å². The Balaban J connectivity index is 1.74. The Morgan fingerprint density at radius 1 is 1.16 bits per heavy atom. The number of carbonyl (C=O) groups excluding carboxylic acids is 1. The van der Waals surface area contributed by atoms with E-state index in [9.17, 15) is 9.59 Å². The van der Waals surface area contributed by atoms with Crippen LogP contribution in [0, 0.1) is 18.8 Å². The molecule has 2 unspecified atom stereocenters. The van der Waals surface area contributed by atoms with E-state index in [1.807, 2.05) is 48.2 Å². The van der Waals surface area contributed by atoms with Gasteiger partial charge in [0.15, 0.2) is 5.16 Å². The quantitative estimate of drug-likeness (QED) is 0.428. The van der Waals surface area contributed by atoms with Crippen LogP contribution in [0.15, 0.2) is 52.4 Å². The van der Waals surface area contributed by atoms with Crippen LogP contribution in [0.3, 0.4) is 0 Å². The minimum atomic E-state index is -0.172. The number of para-hydroxylation sites is 1. The highest BCUT2D eigenvalue weighted by Crippen LogP contribution is 2.29. The van der Waals surface area contributed by atoms with Crippen molar-refractivity contribution in [2.75, 3.05) is 26.0 Å². The molecule has 32 heavy (non-hydrogen) atoms. The Bertz CT molecular complexity index is 1200. The van der Waals surface area contributed by atoms with Crippen LogP contribution in [-0.2, 0) is 4.79 Å². The molecule has 7 heteroatoms. The van der Waals surface area contributed by atoms with Crippen molar-refractivity contribution in [1.29, 1.82) is 0 Å². The van der Waals surface area contributed by atoms with Gasteiger partial charge in [-0.05, 0) is 55.0 Å². The number of aryl methyl sites for hydroxylation is 1. The van der Waals surface area contributed by atoms with Gasteiger partial charge in [0.25, 0.3) is 5.56 Å². The lowest BCUT2D eigenvalue weighted by molar-refractivity contribution is -0.130. The third-order valence-electron chi connectivity index (χ3n) is 5.87. The number of hydrogen-bond acceptors (Lipinski definition) is 5. The molecule has 1 aliphatic rings. The summed E-state index contributed by atoms with van der Waals surface area (Å²) in [6, 6.07) is 13.0. The lowest BCUT2D eigenvalue weighted by Crippen LogP contribution is -2.43. The summed E-state index contributed by atoms with van der Waals surface area (Å²) < 4.78 is 7.13. The molecule has 0 saturated carbocycles. The third-order valence-corrected chi connectivity index (χ3v) is 6.79. The van der Waals surface area contributed by atoms with E-state index in [2.05, 4.69) is 13.8 Å². The van der Waals surface area contributed by atoms with Crippen molar-refractivity contribution in [3.05, 3.63) is 58.4 Å². The lowest BCUT2D eigenvalue weighted by atomic mass is 9.92. The molecule has 2 atom stereocenters. The van der Waals surface area contributed by atoms with Gasteiger partial charge in [0.1, 0.15) is 5.75 Å². The zero-order valence-electron chi connectivity index (χ0n) is 19.0. The number of fused-ring (bicyclic) bond motifs is 1. The van der Waals surface area contributed by atoms with Crippen LogP contribution in [0.25, 0.3) is 16.6 Å². The Morgan fingerprint density at radius 3 is 2.59 bits per heavy atom. The van der Waals surface area contributed by atoms with Gasteiger partial charge in [0, 0.05) is 13.1 Å². The predicted molar refractivity (Wildman–Crippen MR) is 129 cm³/mol. The number of carbonyl (C=O) groups is 1. The van der Waals surface area contributed by atoms with Crippen LogP contribution in [0.1, 0.15) is 25.8 Å². The van der Waals surface area contributed by atoms with Gasteiger partial charge in [0.05, 0.1) is 29.5 Å². The number of nitrogens with zero attached hydrogens (tertiary/aromatic N) is 3. The smallest absolute Gasteiger partial charge is 0.266 e. The SMILES string of the molecule is COc1ccc(C)cc1-n1c(SCC(=O)N2CC(C)CC(C)C2)nc2ccccc2c1=O. The number of ether oxygens (including phenoxy) is 1. The van der Waals surface area contributed by atoms with Gasteiger partial charge in [-0.15, -0.1) is 0 Å². The fourth-order valence-electron chi connectivity index (χ4n) is 4.48. The topological polar surface area (TPSA) is 64.4 Å².